The number of hydrogen-bond donors (Lipinski definition) is 0. The van der Waals surface area contributed by atoms with E-state index in [2.05, 4.69) is 56.0 Å². The first-order chi connectivity index (χ1) is 6.86. The maximum Gasteiger partial charge on any atom is 0.00296 e. The molecule has 1 aromatic carbocycles. The second-order valence-electron chi connectivity index (χ2n) is 3.84. The smallest absolute Gasteiger partial charge is 0.00296 e. The minimum atomic E-state index is 0.549. The van der Waals surface area contributed by atoms with E-state index in [1.807, 2.05) is 0 Å². The molecule has 0 aromatic heterocycles. The van der Waals surface area contributed by atoms with E-state index in [1.54, 1.807) is 0 Å². The first kappa shape index (κ1) is 9.26. The number of hydrogen-bond acceptors (Lipinski definition) is 0. The van der Waals surface area contributed by atoms with E-state index in [1.165, 1.54) is 17.5 Å². The number of benzene rings is 1. The molecule has 1 aromatic rings. The van der Waals surface area contributed by atoms with Gasteiger partial charge in [0.1, 0.15) is 0 Å². The van der Waals surface area contributed by atoms with Crippen molar-refractivity contribution in [1.82, 2.24) is 0 Å². The summed E-state index contributed by atoms with van der Waals surface area (Å²) in [6, 6.07) is 8.71. The predicted molar refractivity (Wildman–Crippen MR) is 61.6 cm³/mol. The lowest BCUT2D eigenvalue weighted by Crippen LogP contribution is -1.86. The van der Waals surface area contributed by atoms with Crippen LogP contribution in [0.5, 0.6) is 0 Å². The van der Waals surface area contributed by atoms with Crippen molar-refractivity contribution in [2.24, 2.45) is 0 Å². The van der Waals surface area contributed by atoms with Gasteiger partial charge in [0, 0.05) is 11.8 Å². The third-order valence-electron chi connectivity index (χ3n) is 3.01. The Balaban J connectivity index is 2.43. The number of allylic oxidation sites excluding steroid dienone is 3. The van der Waals surface area contributed by atoms with Crippen molar-refractivity contribution in [2.45, 2.75) is 25.2 Å². The molecule has 0 fully saturated rings. The molecule has 0 nitrogen and oxygen atoms in total. The monoisotopic (exact) mass is 184 g/mol. The van der Waals surface area contributed by atoms with Crippen molar-refractivity contribution in [3.05, 3.63) is 60.2 Å². The van der Waals surface area contributed by atoms with E-state index in [0.717, 1.165) is 0 Å². The van der Waals surface area contributed by atoms with Crippen LogP contribution in [0.25, 0.3) is 0 Å². The van der Waals surface area contributed by atoms with Crippen LogP contribution in [0.15, 0.2) is 49.1 Å². The normalized spacial score (nSPS) is 25.2. The summed E-state index contributed by atoms with van der Waals surface area (Å²) < 4.78 is 0. The molecule has 0 N–H and O–H groups in total. The molecule has 72 valence electrons. The van der Waals surface area contributed by atoms with Crippen LogP contribution < -0.4 is 0 Å². The van der Waals surface area contributed by atoms with Crippen molar-refractivity contribution < 1.29 is 0 Å². The molecule has 0 radical (unpaired) electrons. The molecule has 1 aliphatic carbocycles. The standard InChI is InChI=1S/C14H16/c1-3-7-12-10-11(4-2)13-8-5-6-9-14(12)13/h3-9,11-12H,2,10H2,1H3/b7-3-/t11-,12+/m1/s1. The van der Waals surface area contributed by atoms with Gasteiger partial charge in [-0.3, -0.25) is 0 Å². The SMILES string of the molecule is C=C[C@@H]1C[C@H](/C=C\C)c2ccccc21. The topological polar surface area (TPSA) is 0 Å². The summed E-state index contributed by atoms with van der Waals surface area (Å²) in [6.45, 7) is 6.00. The minimum absolute atomic E-state index is 0.549. The number of rotatable bonds is 2. The van der Waals surface area contributed by atoms with Crippen LogP contribution >= 0.6 is 0 Å². The third kappa shape index (κ3) is 1.41. The van der Waals surface area contributed by atoms with Crippen LogP contribution in [-0.2, 0) is 0 Å². The van der Waals surface area contributed by atoms with Crippen molar-refractivity contribution >= 4 is 0 Å². The van der Waals surface area contributed by atoms with E-state index < -0.39 is 0 Å². The molecular weight excluding hydrogens is 168 g/mol. The van der Waals surface area contributed by atoms with Crippen molar-refractivity contribution in [1.29, 1.82) is 0 Å². The fourth-order valence-electron chi connectivity index (χ4n) is 2.35. The first-order valence-electron chi connectivity index (χ1n) is 5.21. The van der Waals surface area contributed by atoms with Crippen LogP contribution in [0.3, 0.4) is 0 Å². The second-order valence-corrected chi connectivity index (χ2v) is 3.84. The highest BCUT2D eigenvalue weighted by Gasteiger charge is 2.26. The van der Waals surface area contributed by atoms with Gasteiger partial charge >= 0.3 is 0 Å². The fourth-order valence-corrected chi connectivity index (χ4v) is 2.35. The summed E-state index contributed by atoms with van der Waals surface area (Å²) in [6.07, 6.45) is 7.70. The van der Waals surface area contributed by atoms with Gasteiger partial charge in [-0.2, -0.15) is 0 Å². The van der Waals surface area contributed by atoms with Crippen LogP contribution in [0, 0.1) is 0 Å². The average molecular weight is 184 g/mol. The lowest BCUT2D eigenvalue weighted by Gasteiger charge is -2.03. The minimum Gasteiger partial charge on any atom is -0.102 e. The molecule has 0 spiro atoms. The first-order valence-corrected chi connectivity index (χ1v) is 5.21. The largest absolute Gasteiger partial charge is 0.102 e. The van der Waals surface area contributed by atoms with E-state index in [4.69, 9.17) is 0 Å². The Hall–Kier alpha value is -1.30. The van der Waals surface area contributed by atoms with Crippen molar-refractivity contribution in [2.75, 3.05) is 0 Å². The average Bonchev–Trinajstić information content (AvgIpc) is 2.58. The van der Waals surface area contributed by atoms with E-state index in [9.17, 15) is 0 Å². The van der Waals surface area contributed by atoms with Gasteiger partial charge in [0.15, 0.2) is 0 Å². The maximum atomic E-state index is 3.91. The van der Waals surface area contributed by atoms with Gasteiger partial charge in [-0.15, -0.1) is 6.58 Å². The highest BCUT2D eigenvalue weighted by molar-refractivity contribution is 5.42. The van der Waals surface area contributed by atoms with Crippen LogP contribution in [0.2, 0.25) is 0 Å². The lowest BCUT2D eigenvalue weighted by molar-refractivity contribution is 0.749. The van der Waals surface area contributed by atoms with Gasteiger partial charge in [-0.05, 0) is 24.5 Å². The van der Waals surface area contributed by atoms with Gasteiger partial charge in [-0.25, -0.2) is 0 Å². The molecular formula is C14H16. The second kappa shape index (κ2) is 3.83. The lowest BCUT2D eigenvalue weighted by atomic mass is 10.0. The molecule has 0 saturated heterocycles. The summed E-state index contributed by atoms with van der Waals surface area (Å²) in [5.74, 6) is 1.14. The van der Waals surface area contributed by atoms with E-state index >= 15 is 0 Å². The molecule has 0 saturated carbocycles. The van der Waals surface area contributed by atoms with Gasteiger partial charge < -0.3 is 0 Å². The quantitative estimate of drug-likeness (QED) is 0.609. The van der Waals surface area contributed by atoms with E-state index in [0.29, 0.717) is 11.8 Å². The summed E-state index contributed by atoms with van der Waals surface area (Å²) in [7, 11) is 0. The fraction of sp³-hybridized carbons (Fsp3) is 0.286. The van der Waals surface area contributed by atoms with Gasteiger partial charge in [0.2, 0.25) is 0 Å². The zero-order valence-corrected chi connectivity index (χ0v) is 8.61. The molecule has 0 heteroatoms. The highest BCUT2D eigenvalue weighted by Crippen LogP contribution is 2.42. The summed E-state index contributed by atoms with van der Waals surface area (Å²) >= 11 is 0. The maximum absolute atomic E-state index is 3.91. The molecule has 2 atom stereocenters. The van der Waals surface area contributed by atoms with Crippen LogP contribution in [-0.4, -0.2) is 0 Å². The molecule has 0 amide bonds. The van der Waals surface area contributed by atoms with Gasteiger partial charge in [0.05, 0.1) is 0 Å². The summed E-state index contributed by atoms with van der Waals surface area (Å²) in [5.41, 5.74) is 2.95. The Kier molecular flexibility index (Phi) is 2.53. The molecule has 0 heterocycles. The van der Waals surface area contributed by atoms with E-state index in [-0.39, 0.29) is 0 Å². The van der Waals surface area contributed by atoms with Crippen LogP contribution in [0.4, 0.5) is 0 Å². The molecule has 0 aliphatic heterocycles. The molecule has 0 unspecified atom stereocenters. The zero-order valence-electron chi connectivity index (χ0n) is 8.61. The highest BCUT2D eigenvalue weighted by atomic mass is 14.3. The molecule has 14 heavy (non-hydrogen) atoms. The molecule has 0 bridgehead atoms. The van der Waals surface area contributed by atoms with Crippen LogP contribution in [0.1, 0.15) is 36.3 Å². The predicted octanol–water partition coefficient (Wildman–Crippen LogP) is 4.02. The summed E-state index contributed by atoms with van der Waals surface area (Å²) in [5, 5.41) is 0. The summed E-state index contributed by atoms with van der Waals surface area (Å²) in [4.78, 5) is 0. The number of fused-ring (bicyclic) bond motifs is 1. The Morgan fingerprint density at radius 2 is 1.86 bits per heavy atom. The Morgan fingerprint density at radius 3 is 2.43 bits per heavy atom. The Labute approximate surface area is 86.0 Å². The zero-order chi connectivity index (χ0) is 9.97. The van der Waals surface area contributed by atoms with Crippen molar-refractivity contribution in [3.8, 4) is 0 Å². The third-order valence-corrected chi connectivity index (χ3v) is 3.01. The van der Waals surface area contributed by atoms with Gasteiger partial charge in [-0.1, -0.05) is 42.5 Å². The molecule has 1 aliphatic rings. The Morgan fingerprint density at radius 1 is 1.21 bits per heavy atom. The molecule has 2 rings (SSSR count). The van der Waals surface area contributed by atoms with Crippen molar-refractivity contribution in [3.63, 3.8) is 0 Å². The Bertz CT molecular complexity index is 360. The van der Waals surface area contributed by atoms with Gasteiger partial charge in [0.25, 0.3) is 0 Å².